The lowest BCUT2D eigenvalue weighted by Gasteiger charge is -2.12. The van der Waals surface area contributed by atoms with Crippen LogP contribution < -0.4 is 5.32 Å². The zero-order valence-electron chi connectivity index (χ0n) is 15.0. The van der Waals surface area contributed by atoms with Crippen molar-refractivity contribution in [3.8, 4) is 5.75 Å². The Kier molecular flexibility index (Phi) is 5.87. The molecule has 140 valence electrons. The van der Waals surface area contributed by atoms with E-state index in [0.29, 0.717) is 11.1 Å². The summed E-state index contributed by atoms with van der Waals surface area (Å²) in [4.78, 5) is 23.9. The summed E-state index contributed by atoms with van der Waals surface area (Å²) in [6, 6.07) is 23.0. The van der Waals surface area contributed by atoms with Gasteiger partial charge in [-0.3, -0.25) is 9.59 Å². The summed E-state index contributed by atoms with van der Waals surface area (Å²) in [7, 11) is 0. The second kappa shape index (κ2) is 8.68. The number of phenolic OH excluding ortho intramolecular Hbond substituents is 1. The standard InChI is InChI=1S/C23H19NO4/c25-21-12-11-17(15-22(26)27)14-20(21)24-23(28)19(18-9-5-2-6-10-18)13-16-7-3-1-4-8-16/h1-14,25H,15H2,(H,24,28)(H,26,27)/b19-13-. The minimum Gasteiger partial charge on any atom is -0.506 e. The minimum atomic E-state index is -0.989. The molecule has 3 N–H and O–H groups in total. The van der Waals surface area contributed by atoms with Crippen molar-refractivity contribution in [3.63, 3.8) is 0 Å². The third-order valence-corrected chi connectivity index (χ3v) is 4.10. The van der Waals surface area contributed by atoms with Gasteiger partial charge in [0, 0.05) is 5.57 Å². The van der Waals surface area contributed by atoms with Crippen LogP contribution in [0.25, 0.3) is 11.6 Å². The van der Waals surface area contributed by atoms with Crippen molar-refractivity contribution in [3.05, 3.63) is 95.6 Å². The summed E-state index contributed by atoms with van der Waals surface area (Å²) in [5.74, 6) is -1.52. The van der Waals surface area contributed by atoms with E-state index in [2.05, 4.69) is 5.32 Å². The van der Waals surface area contributed by atoms with Crippen LogP contribution in [0, 0.1) is 0 Å². The molecule has 28 heavy (non-hydrogen) atoms. The Morgan fingerprint density at radius 1 is 0.893 bits per heavy atom. The van der Waals surface area contributed by atoms with Crippen LogP contribution in [0.5, 0.6) is 5.75 Å². The Hall–Kier alpha value is -3.86. The first-order valence-electron chi connectivity index (χ1n) is 8.70. The molecule has 0 atom stereocenters. The van der Waals surface area contributed by atoms with Gasteiger partial charge in [-0.15, -0.1) is 0 Å². The van der Waals surface area contributed by atoms with Gasteiger partial charge >= 0.3 is 5.97 Å². The smallest absolute Gasteiger partial charge is 0.307 e. The lowest BCUT2D eigenvalue weighted by atomic mass is 10.0. The highest BCUT2D eigenvalue weighted by Gasteiger charge is 2.15. The molecule has 0 aromatic heterocycles. The summed E-state index contributed by atoms with van der Waals surface area (Å²) in [5, 5.41) is 21.7. The van der Waals surface area contributed by atoms with Crippen molar-refractivity contribution in [2.75, 3.05) is 5.32 Å². The Morgan fingerprint density at radius 3 is 2.18 bits per heavy atom. The molecule has 0 aliphatic heterocycles. The van der Waals surface area contributed by atoms with Crippen molar-refractivity contribution in [1.29, 1.82) is 0 Å². The number of rotatable bonds is 6. The van der Waals surface area contributed by atoms with E-state index in [9.17, 15) is 14.7 Å². The van der Waals surface area contributed by atoms with E-state index in [4.69, 9.17) is 5.11 Å². The molecule has 0 spiro atoms. The van der Waals surface area contributed by atoms with E-state index in [1.807, 2.05) is 60.7 Å². The van der Waals surface area contributed by atoms with E-state index < -0.39 is 11.9 Å². The minimum absolute atomic E-state index is 0.130. The average molecular weight is 373 g/mol. The maximum atomic E-state index is 13.0. The predicted molar refractivity (Wildman–Crippen MR) is 109 cm³/mol. The Bertz CT molecular complexity index is 1010. The van der Waals surface area contributed by atoms with Gasteiger partial charge in [0.05, 0.1) is 12.1 Å². The number of nitrogens with one attached hydrogen (secondary N) is 1. The highest BCUT2D eigenvalue weighted by molar-refractivity contribution is 6.29. The van der Waals surface area contributed by atoms with E-state index >= 15 is 0 Å². The fraction of sp³-hybridized carbons (Fsp3) is 0.0435. The second-order valence-corrected chi connectivity index (χ2v) is 6.21. The summed E-state index contributed by atoms with van der Waals surface area (Å²) in [5.41, 5.74) is 2.66. The quantitative estimate of drug-likeness (QED) is 0.343. The van der Waals surface area contributed by atoms with Gasteiger partial charge in [-0.1, -0.05) is 66.7 Å². The van der Waals surface area contributed by atoms with Crippen molar-refractivity contribution in [1.82, 2.24) is 0 Å². The van der Waals surface area contributed by atoms with Gasteiger partial charge in [-0.05, 0) is 34.9 Å². The Labute approximate surface area is 162 Å². The molecule has 0 aliphatic carbocycles. The van der Waals surface area contributed by atoms with E-state index in [-0.39, 0.29) is 17.9 Å². The van der Waals surface area contributed by atoms with Crippen molar-refractivity contribution in [2.24, 2.45) is 0 Å². The molecule has 0 saturated heterocycles. The number of carboxylic acid groups (broad SMARTS) is 1. The fourth-order valence-electron chi connectivity index (χ4n) is 2.77. The molecule has 3 rings (SSSR count). The van der Waals surface area contributed by atoms with Crippen LogP contribution >= 0.6 is 0 Å². The number of amides is 1. The number of carbonyl (C=O) groups excluding carboxylic acids is 1. The Morgan fingerprint density at radius 2 is 1.54 bits per heavy atom. The van der Waals surface area contributed by atoms with Gasteiger partial charge in [0.25, 0.3) is 5.91 Å². The topological polar surface area (TPSA) is 86.6 Å². The highest BCUT2D eigenvalue weighted by Crippen LogP contribution is 2.27. The lowest BCUT2D eigenvalue weighted by molar-refractivity contribution is -0.136. The summed E-state index contributed by atoms with van der Waals surface area (Å²) < 4.78 is 0. The summed E-state index contributed by atoms with van der Waals surface area (Å²) in [6.07, 6.45) is 1.57. The molecule has 0 bridgehead atoms. The van der Waals surface area contributed by atoms with Crippen molar-refractivity contribution < 1.29 is 19.8 Å². The molecule has 3 aromatic rings. The predicted octanol–water partition coefficient (Wildman–Crippen LogP) is 4.20. The van der Waals surface area contributed by atoms with Gasteiger partial charge in [-0.2, -0.15) is 0 Å². The first kappa shape index (κ1) is 18.9. The number of aliphatic carboxylic acids is 1. The monoisotopic (exact) mass is 373 g/mol. The highest BCUT2D eigenvalue weighted by atomic mass is 16.4. The van der Waals surface area contributed by atoms with Crippen LogP contribution in [-0.4, -0.2) is 22.1 Å². The van der Waals surface area contributed by atoms with E-state index in [1.165, 1.54) is 18.2 Å². The maximum absolute atomic E-state index is 13.0. The molecule has 0 radical (unpaired) electrons. The number of anilines is 1. The van der Waals surface area contributed by atoms with Crippen LogP contribution in [0.2, 0.25) is 0 Å². The van der Waals surface area contributed by atoms with Crippen LogP contribution in [0.15, 0.2) is 78.9 Å². The number of phenols is 1. The van der Waals surface area contributed by atoms with Gasteiger partial charge in [0.1, 0.15) is 5.75 Å². The fourth-order valence-corrected chi connectivity index (χ4v) is 2.77. The maximum Gasteiger partial charge on any atom is 0.307 e. The average Bonchev–Trinajstić information content (AvgIpc) is 2.69. The first-order chi connectivity index (χ1) is 13.5. The molecule has 0 saturated carbocycles. The number of benzene rings is 3. The molecule has 0 fully saturated rings. The molecule has 0 heterocycles. The molecule has 5 heteroatoms. The zero-order valence-corrected chi connectivity index (χ0v) is 15.0. The van der Waals surface area contributed by atoms with Gasteiger partial charge in [0.2, 0.25) is 0 Å². The van der Waals surface area contributed by atoms with Crippen LogP contribution in [-0.2, 0) is 16.0 Å². The molecule has 0 unspecified atom stereocenters. The Balaban J connectivity index is 1.95. The summed E-state index contributed by atoms with van der Waals surface area (Å²) in [6.45, 7) is 0. The molecular formula is C23H19NO4. The third kappa shape index (κ3) is 4.86. The van der Waals surface area contributed by atoms with Crippen molar-refractivity contribution >= 4 is 29.2 Å². The number of aromatic hydroxyl groups is 1. The van der Waals surface area contributed by atoms with Crippen LogP contribution in [0.4, 0.5) is 5.69 Å². The molecular weight excluding hydrogens is 354 g/mol. The molecule has 1 amide bonds. The lowest BCUT2D eigenvalue weighted by Crippen LogP contribution is -2.14. The number of carbonyl (C=O) groups is 2. The SMILES string of the molecule is O=C(O)Cc1ccc(O)c(NC(=O)/C(=C\c2ccccc2)c2ccccc2)c1. The van der Waals surface area contributed by atoms with E-state index in [0.717, 1.165) is 11.1 Å². The molecule has 3 aromatic carbocycles. The van der Waals surface area contributed by atoms with Crippen LogP contribution in [0.1, 0.15) is 16.7 Å². The number of hydrogen-bond donors (Lipinski definition) is 3. The number of carboxylic acids is 1. The summed E-state index contributed by atoms with van der Waals surface area (Å²) >= 11 is 0. The van der Waals surface area contributed by atoms with Crippen LogP contribution in [0.3, 0.4) is 0 Å². The van der Waals surface area contributed by atoms with E-state index in [1.54, 1.807) is 6.08 Å². The molecule has 0 aliphatic rings. The largest absolute Gasteiger partial charge is 0.506 e. The zero-order chi connectivity index (χ0) is 19.9. The first-order valence-corrected chi connectivity index (χ1v) is 8.70. The molecule has 5 nitrogen and oxygen atoms in total. The van der Waals surface area contributed by atoms with Gasteiger partial charge in [-0.25, -0.2) is 0 Å². The number of hydrogen-bond acceptors (Lipinski definition) is 3. The normalized spacial score (nSPS) is 11.1. The third-order valence-electron chi connectivity index (χ3n) is 4.10. The van der Waals surface area contributed by atoms with Gasteiger partial charge in [0.15, 0.2) is 0 Å². The van der Waals surface area contributed by atoms with Crippen molar-refractivity contribution in [2.45, 2.75) is 6.42 Å². The van der Waals surface area contributed by atoms with Gasteiger partial charge < -0.3 is 15.5 Å². The second-order valence-electron chi connectivity index (χ2n) is 6.21.